The molecule has 1 N–H and O–H groups in total. The molecular formula is C19H27N3O2. The van der Waals surface area contributed by atoms with Gasteiger partial charge in [0.15, 0.2) is 6.10 Å². The van der Waals surface area contributed by atoms with Crippen molar-refractivity contribution in [3.63, 3.8) is 0 Å². The van der Waals surface area contributed by atoms with Gasteiger partial charge in [0.05, 0.1) is 12.3 Å². The summed E-state index contributed by atoms with van der Waals surface area (Å²) in [5, 5.41) is 7.20. The lowest BCUT2D eigenvalue weighted by molar-refractivity contribution is 0.0621. The summed E-state index contributed by atoms with van der Waals surface area (Å²) in [5.41, 5.74) is 2.94. The van der Waals surface area contributed by atoms with Gasteiger partial charge >= 0.3 is 6.03 Å². The molecule has 0 saturated heterocycles. The zero-order valence-corrected chi connectivity index (χ0v) is 15.0. The Kier molecular flexibility index (Phi) is 5.65. The number of nitrogens with zero attached hydrogens (tertiary/aromatic N) is 2. The maximum absolute atomic E-state index is 12.4. The van der Waals surface area contributed by atoms with Crippen molar-refractivity contribution in [3.8, 4) is 0 Å². The van der Waals surface area contributed by atoms with Crippen molar-refractivity contribution in [1.29, 1.82) is 0 Å². The SMILES string of the molecule is C=CCN(CC1CC(c2ccccc2C)=NO1)C(=O)NC(C)(C)C. The van der Waals surface area contributed by atoms with Crippen LogP contribution in [0, 0.1) is 6.92 Å². The molecule has 5 nitrogen and oxygen atoms in total. The highest BCUT2D eigenvalue weighted by Crippen LogP contribution is 2.20. The minimum atomic E-state index is -0.282. The summed E-state index contributed by atoms with van der Waals surface area (Å²) in [6.45, 7) is 12.6. The summed E-state index contributed by atoms with van der Waals surface area (Å²) < 4.78 is 0. The van der Waals surface area contributed by atoms with Gasteiger partial charge in [-0.3, -0.25) is 0 Å². The monoisotopic (exact) mass is 329 g/mol. The highest BCUT2D eigenvalue weighted by molar-refractivity contribution is 6.02. The van der Waals surface area contributed by atoms with E-state index in [0.29, 0.717) is 19.5 Å². The zero-order valence-electron chi connectivity index (χ0n) is 15.0. The number of rotatable bonds is 5. The van der Waals surface area contributed by atoms with Crippen LogP contribution >= 0.6 is 0 Å². The number of carbonyl (C=O) groups excluding carboxylic acids is 1. The van der Waals surface area contributed by atoms with E-state index in [-0.39, 0.29) is 17.7 Å². The van der Waals surface area contributed by atoms with E-state index in [1.165, 1.54) is 5.56 Å². The Morgan fingerprint density at radius 2 is 2.17 bits per heavy atom. The Bertz CT molecular complexity index is 632. The van der Waals surface area contributed by atoms with Gasteiger partial charge in [0.25, 0.3) is 0 Å². The second-order valence-corrected chi connectivity index (χ2v) is 7.16. The normalized spacial score (nSPS) is 17.0. The number of benzene rings is 1. The van der Waals surface area contributed by atoms with E-state index in [0.717, 1.165) is 11.3 Å². The van der Waals surface area contributed by atoms with Gasteiger partial charge in [0.1, 0.15) is 0 Å². The minimum Gasteiger partial charge on any atom is -0.390 e. The Morgan fingerprint density at radius 1 is 1.46 bits per heavy atom. The van der Waals surface area contributed by atoms with Crippen molar-refractivity contribution in [2.24, 2.45) is 5.16 Å². The molecule has 0 saturated carbocycles. The van der Waals surface area contributed by atoms with E-state index in [9.17, 15) is 4.79 Å². The third kappa shape index (κ3) is 4.85. The van der Waals surface area contributed by atoms with Crippen molar-refractivity contribution in [2.75, 3.05) is 13.1 Å². The fourth-order valence-corrected chi connectivity index (χ4v) is 2.62. The fraction of sp³-hybridized carbons (Fsp3) is 0.474. The van der Waals surface area contributed by atoms with Crippen LogP contribution in [-0.4, -0.2) is 41.4 Å². The van der Waals surface area contributed by atoms with Crippen LogP contribution in [0.25, 0.3) is 0 Å². The molecule has 0 radical (unpaired) electrons. The van der Waals surface area contributed by atoms with Gasteiger partial charge in [-0.25, -0.2) is 4.79 Å². The molecule has 2 rings (SSSR count). The Balaban J connectivity index is 1.99. The van der Waals surface area contributed by atoms with Crippen LogP contribution in [0.1, 0.15) is 38.3 Å². The maximum Gasteiger partial charge on any atom is 0.318 e. The molecule has 1 heterocycles. The average Bonchev–Trinajstić information content (AvgIpc) is 2.94. The van der Waals surface area contributed by atoms with E-state index < -0.39 is 0 Å². The first-order valence-corrected chi connectivity index (χ1v) is 8.27. The van der Waals surface area contributed by atoms with Crippen LogP contribution in [0.2, 0.25) is 0 Å². The number of aryl methyl sites for hydroxylation is 1. The summed E-state index contributed by atoms with van der Waals surface area (Å²) in [6.07, 6.45) is 2.28. The molecule has 24 heavy (non-hydrogen) atoms. The lowest BCUT2D eigenvalue weighted by atomic mass is 10.0. The summed E-state index contributed by atoms with van der Waals surface area (Å²) >= 11 is 0. The molecule has 1 atom stereocenters. The zero-order chi connectivity index (χ0) is 17.7. The smallest absolute Gasteiger partial charge is 0.318 e. The van der Waals surface area contributed by atoms with E-state index in [1.807, 2.05) is 39.0 Å². The van der Waals surface area contributed by atoms with Crippen molar-refractivity contribution in [1.82, 2.24) is 10.2 Å². The van der Waals surface area contributed by atoms with Crippen molar-refractivity contribution in [3.05, 3.63) is 48.0 Å². The van der Waals surface area contributed by atoms with Crippen LogP contribution in [0.4, 0.5) is 4.79 Å². The van der Waals surface area contributed by atoms with Crippen LogP contribution in [0.5, 0.6) is 0 Å². The Hall–Kier alpha value is -2.30. The van der Waals surface area contributed by atoms with Crippen molar-refractivity contribution >= 4 is 11.7 Å². The standard InChI is InChI=1S/C19H27N3O2/c1-6-11-22(18(23)20-19(3,4)5)13-15-12-17(21-24-15)16-10-8-7-9-14(16)2/h6-10,15H,1,11-13H2,2-5H3,(H,20,23). The quantitative estimate of drug-likeness (QED) is 0.841. The molecular weight excluding hydrogens is 302 g/mol. The van der Waals surface area contributed by atoms with Crippen LogP contribution in [-0.2, 0) is 4.84 Å². The van der Waals surface area contributed by atoms with E-state index >= 15 is 0 Å². The fourth-order valence-electron chi connectivity index (χ4n) is 2.62. The Morgan fingerprint density at radius 3 is 2.79 bits per heavy atom. The van der Waals surface area contributed by atoms with Crippen LogP contribution in [0.3, 0.4) is 0 Å². The number of hydrogen-bond donors (Lipinski definition) is 1. The molecule has 1 aromatic rings. The maximum atomic E-state index is 12.4. The van der Waals surface area contributed by atoms with Gasteiger partial charge < -0.3 is 15.1 Å². The van der Waals surface area contributed by atoms with Crippen molar-refractivity contribution < 1.29 is 9.63 Å². The third-order valence-corrected chi connectivity index (χ3v) is 3.73. The highest BCUT2D eigenvalue weighted by atomic mass is 16.6. The van der Waals surface area contributed by atoms with E-state index in [2.05, 4.69) is 30.0 Å². The molecule has 0 aromatic heterocycles. The number of amides is 2. The summed E-state index contributed by atoms with van der Waals surface area (Å²) in [4.78, 5) is 19.7. The van der Waals surface area contributed by atoms with Crippen molar-refractivity contribution in [2.45, 2.75) is 45.8 Å². The molecule has 0 fully saturated rings. The van der Waals surface area contributed by atoms with Gasteiger partial charge in [-0.2, -0.15) is 0 Å². The average molecular weight is 329 g/mol. The molecule has 1 aliphatic heterocycles. The molecule has 2 amide bonds. The van der Waals surface area contributed by atoms with Gasteiger partial charge in [-0.05, 0) is 33.3 Å². The van der Waals surface area contributed by atoms with Gasteiger partial charge in [0, 0.05) is 24.1 Å². The highest BCUT2D eigenvalue weighted by Gasteiger charge is 2.28. The number of hydrogen-bond acceptors (Lipinski definition) is 3. The lowest BCUT2D eigenvalue weighted by Gasteiger charge is -2.28. The largest absolute Gasteiger partial charge is 0.390 e. The summed E-state index contributed by atoms with van der Waals surface area (Å²) in [5.74, 6) is 0. The van der Waals surface area contributed by atoms with Crippen LogP contribution in [0.15, 0.2) is 42.1 Å². The Labute approximate surface area is 144 Å². The number of oxime groups is 1. The molecule has 1 unspecified atom stereocenters. The number of carbonyl (C=O) groups is 1. The molecule has 5 heteroatoms. The molecule has 130 valence electrons. The summed E-state index contributed by atoms with van der Waals surface area (Å²) in [7, 11) is 0. The first-order valence-electron chi connectivity index (χ1n) is 8.27. The van der Waals surface area contributed by atoms with Gasteiger partial charge in [-0.1, -0.05) is 35.5 Å². The molecule has 0 aliphatic carbocycles. The molecule has 0 spiro atoms. The first-order chi connectivity index (χ1) is 11.3. The molecule has 1 aromatic carbocycles. The second-order valence-electron chi connectivity index (χ2n) is 7.16. The molecule has 0 bridgehead atoms. The molecule has 1 aliphatic rings. The van der Waals surface area contributed by atoms with Gasteiger partial charge in [0.2, 0.25) is 0 Å². The van der Waals surface area contributed by atoms with E-state index in [1.54, 1.807) is 11.0 Å². The summed E-state index contributed by atoms with van der Waals surface area (Å²) in [6, 6.07) is 8.00. The number of nitrogens with one attached hydrogen (secondary N) is 1. The predicted molar refractivity (Wildman–Crippen MR) is 97.3 cm³/mol. The number of urea groups is 1. The predicted octanol–water partition coefficient (Wildman–Crippen LogP) is 3.48. The minimum absolute atomic E-state index is 0.115. The third-order valence-electron chi connectivity index (χ3n) is 3.73. The van der Waals surface area contributed by atoms with E-state index in [4.69, 9.17) is 4.84 Å². The lowest BCUT2D eigenvalue weighted by Crippen LogP contribution is -2.50. The topological polar surface area (TPSA) is 53.9 Å². The van der Waals surface area contributed by atoms with Gasteiger partial charge in [-0.15, -0.1) is 6.58 Å². The van der Waals surface area contributed by atoms with Crippen LogP contribution < -0.4 is 5.32 Å². The second kappa shape index (κ2) is 7.51. The first kappa shape index (κ1) is 18.0.